The Morgan fingerprint density at radius 1 is 0.944 bits per heavy atom. The highest BCUT2D eigenvalue weighted by Crippen LogP contribution is 2.37. The van der Waals surface area contributed by atoms with Gasteiger partial charge in [-0.15, -0.1) is 0 Å². The highest BCUT2D eigenvalue weighted by atomic mass is 32.2. The predicted octanol–water partition coefficient (Wildman–Crippen LogP) is 2.54. The van der Waals surface area contributed by atoms with Crippen LogP contribution in [-0.2, 0) is 10.1 Å². The summed E-state index contributed by atoms with van der Waals surface area (Å²) in [4.78, 5) is 0. The van der Waals surface area contributed by atoms with E-state index in [1.807, 2.05) is 42.5 Å². The third-order valence-electron chi connectivity index (χ3n) is 3.08. The minimum atomic E-state index is -3.49. The van der Waals surface area contributed by atoms with Gasteiger partial charge in [-0.05, 0) is 11.6 Å². The van der Waals surface area contributed by atoms with E-state index >= 15 is 0 Å². The standard InChI is InChI=1S/C14H12O3S/c15-18(16)10-13(11-6-2-1-3-7-11)12-8-4-5-9-14(12)17-18/h1-9,13H,10H2/t13-/m1/s1. The molecule has 1 heterocycles. The van der Waals surface area contributed by atoms with Crippen molar-refractivity contribution in [1.29, 1.82) is 0 Å². The topological polar surface area (TPSA) is 43.4 Å². The quantitative estimate of drug-likeness (QED) is 0.740. The molecule has 0 aliphatic carbocycles. The summed E-state index contributed by atoms with van der Waals surface area (Å²) in [5, 5.41) is 0. The molecule has 1 aliphatic heterocycles. The molecule has 0 aromatic heterocycles. The van der Waals surface area contributed by atoms with Crippen LogP contribution in [0.2, 0.25) is 0 Å². The molecule has 0 N–H and O–H groups in total. The summed E-state index contributed by atoms with van der Waals surface area (Å²) in [5.74, 6) is 0.285. The first-order valence-electron chi connectivity index (χ1n) is 5.72. The van der Waals surface area contributed by atoms with E-state index in [1.165, 1.54) is 0 Å². The highest BCUT2D eigenvalue weighted by Gasteiger charge is 2.31. The Balaban J connectivity index is 2.16. The zero-order chi connectivity index (χ0) is 12.6. The summed E-state index contributed by atoms with van der Waals surface area (Å²) in [6, 6.07) is 16.9. The van der Waals surface area contributed by atoms with E-state index in [2.05, 4.69) is 0 Å². The van der Waals surface area contributed by atoms with Crippen molar-refractivity contribution in [2.75, 3.05) is 5.75 Å². The zero-order valence-corrected chi connectivity index (χ0v) is 10.4. The lowest BCUT2D eigenvalue weighted by Crippen LogP contribution is -2.26. The van der Waals surface area contributed by atoms with Gasteiger partial charge in [0.15, 0.2) is 0 Å². The van der Waals surface area contributed by atoms with E-state index in [9.17, 15) is 8.42 Å². The van der Waals surface area contributed by atoms with Gasteiger partial charge >= 0.3 is 10.1 Å². The van der Waals surface area contributed by atoms with Crippen LogP contribution in [0.3, 0.4) is 0 Å². The molecule has 2 aromatic rings. The van der Waals surface area contributed by atoms with Crippen LogP contribution in [0.15, 0.2) is 54.6 Å². The van der Waals surface area contributed by atoms with Crippen molar-refractivity contribution in [2.24, 2.45) is 0 Å². The van der Waals surface area contributed by atoms with E-state index in [0.29, 0.717) is 5.75 Å². The molecular formula is C14H12O3S. The second-order valence-electron chi connectivity index (χ2n) is 4.31. The van der Waals surface area contributed by atoms with E-state index in [-0.39, 0.29) is 11.7 Å². The first-order chi connectivity index (χ1) is 8.66. The molecule has 0 saturated heterocycles. The van der Waals surface area contributed by atoms with E-state index in [0.717, 1.165) is 11.1 Å². The predicted molar refractivity (Wildman–Crippen MR) is 69.1 cm³/mol. The van der Waals surface area contributed by atoms with Crippen LogP contribution in [-0.4, -0.2) is 14.2 Å². The van der Waals surface area contributed by atoms with E-state index in [4.69, 9.17) is 4.18 Å². The van der Waals surface area contributed by atoms with Crippen LogP contribution in [0.4, 0.5) is 0 Å². The minimum absolute atomic E-state index is 0.00593. The lowest BCUT2D eigenvalue weighted by Gasteiger charge is -2.25. The van der Waals surface area contributed by atoms with Crippen LogP contribution < -0.4 is 4.18 Å². The number of rotatable bonds is 1. The maximum absolute atomic E-state index is 11.8. The van der Waals surface area contributed by atoms with Crippen molar-refractivity contribution in [2.45, 2.75) is 5.92 Å². The van der Waals surface area contributed by atoms with Gasteiger partial charge in [-0.3, -0.25) is 0 Å². The van der Waals surface area contributed by atoms with Gasteiger partial charge in [0.25, 0.3) is 0 Å². The van der Waals surface area contributed by atoms with Gasteiger partial charge in [-0.2, -0.15) is 8.42 Å². The molecule has 1 atom stereocenters. The second kappa shape index (κ2) is 4.14. The number of fused-ring (bicyclic) bond motifs is 1. The van der Waals surface area contributed by atoms with Crippen molar-refractivity contribution in [3.05, 3.63) is 65.7 Å². The first-order valence-corrected chi connectivity index (χ1v) is 7.29. The van der Waals surface area contributed by atoms with Crippen LogP contribution in [0, 0.1) is 0 Å². The normalized spacial score (nSPS) is 20.8. The Morgan fingerprint density at radius 2 is 1.61 bits per heavy atom. The SMILES string of the molecule is O=S1(=O)C[C@H](c2ccccc2)c2ccccc2O1. The Labute approximate surface area is 106 Å². The Hall–Kier alpha value is -1.81. The summed E-state index contributed by atoms with van der Waals surface area (Å²) in [6.07, 6.45) is 0. The molecule has 0 unspecified atom stereocenters. The Morgan fingerprint density at radius 3 is 2.39 bits per heavy atom. The molecule has 92 valence electrons. The molecule has 3 rings (SSSR count). The number of hydrogen-bond acceptors (Lipinski definition) is 3. The maximum atomic E-state index is 11.8. The van der Waals surface area contributed by atoms with Gasteiger partial charge in [-0.25, -0.2) is 0 Å². The Kier molecular flexibility index (Phi) is 2.59. The molecule has 0 fully saturated rings. The summed E-state index contributed by atoms with van der Waals surface area (Å²) in [7, 11) is -3.49. The van der Waals surface area contributed by atoms with Crippen LogP contribution in [0.5, 0.6) is 5.75 Å². The molecule has 0 spiro atoms. The van der Waals surface area contributed by atoms with E-state index in [1.54, 1.807) is 12.1 Å². The van der Waals surface area contributed by atoms with Crippen LogP contribution in [0.1, 0.15) is 17.0 Å². The number of hydrogen-bond donors (Lipinski definition) is 0. The molecule has 2 aromatic carbocycles. The summed E-state index contributed by atoms with van der Waals surface area (Å²) < 4.78 is 28.6. The molecule has 0 bridgehead atoms. The van der Waals surface area contributed by atoms with Crippen LogP contribution >= 0.6 is 0 Å². The van der Waals surface area contributed by atoms with Crippen LogP contribution in [0.25, 0.3) is 0 Å². The summed E-state index contributed by atoms with van der Waals surface area (Å²) >= 11 is 0. The van der Waals surface area contributed by atoms with Gasteiger partial charge < -0.3 is 4.18 Å². The molecule has 3 nitrogen and oxygen atoms in total. The average molecular weight is 260 g/mol. The van der Waals surface area contributed by atoms with Crippen molar-refractivity contribution in [1.82, 2.24) is 0 Å². The summed E-state index contributed by atoms with van der Waals surface area (Å²) in [6.45, 7) is 0. The monoisotopic (exact) mass is 260 g/mol. The second-order valence-corrected chi connectivity index (χ2v) is 5.92. The molecule has 0 saturated carbocycles. The Bertz CT molecular complexity index is 662. The molecule has 0 amide bonds. The fourth-order valence-corrected chi connectivity index (χ4v) is 3.54. The first kappa shape index (κ1) is 11.3. The van der Waals surface area contributed by atoms with Gasteiger partial charge in [0.05, 0.1) is 5.75 Å². The fraction of sp³-hybridized carbons (Fsp3) is 0.143. The van der Waals surface area contributed by atoms with Gasteiger partial charge in [0.1, 0.15) is 5.75 Å². The van der Waals surface area contributed by atoms with E-state index < -0.39 is 10.1 Å². The average Bonchev–Trinajstić information content (AvgIpc) is 2.38. The molecule has 1 aliphatic rings. The molecule has 4 heteroatoms. The summed E-state index contributed by atoms with van der Waals surface area (Å²) in [5.41, 5.74) is 1.93. The third-order valence-corrected chi connectivity index (χ3v) is 4.26. The largest absolute Gasteiger partial charge is 0.382 e. The van der Waals surface area contributed by atoms with Crippen molar-refractivity contribution < 1.29 is 12.6 Å². The van der Waals surface area contributed by atoms with Gasteiger partial charge in [0.2, 0.25) is 0 Å². The lowest BCUT2D eigenvalue weighted by atomic mass is 9.92. The van der Waals surface area contributed by atoms with Gasteiger partial charge in [0, 0.05) is 11.5 Å². The van der Waals surface area contributed by atoms with Crippen molar-refractivity contribution in [3.8, 4) is 5.75 Å². The van der Waals surface area contributed by atoms with Gasteiger partial charge in [-0.1, -0.05) is 48.5 Å². The number of para-hydroxylation sites is 1. The maximum Gasteiger partial charge on any atom is 0.310 e. The fourth-order valence-electron chi connectivity index (χ4n) is 2.27. The number of benzene rings is 2. The van der Waals surface area contributed by atoms with Crippen molar-refractivity contribution >= 4 is 10.1 Å². The highest BCUT2D eigenvalue weighted by molar-refractivity contribution is 7.87. The molecule has 18 heavy (non-hydrogen) atoms. The third kappa shape index (κ3) is 1.99. The smallest absolute Gasteiger partial charge is 0.310 e. The molecule has 0 radical (unpaired) electrons. The zero-order valence-electron chi connectivity index (χ0n) is 9.61. The molecular weight excluding hydrogens is 248 g/mol. The lowest BCUT2D eigenvalue weighted by molar-refractivity contribution is 0.466. The minimum Gasteiger partial charge on any atom is -0.382 e. The van der Waals surface area contributed by atoms with Crippen molar-refractivity contribution in [3.63, 3.8) is 0 Å².